The Labute approximate surface area is 179 Å². The molecule has 2 aromatic carbocycles. The number of imide groups is 1. The number of ether oxygens (including phenoxy) is 1. The maximum atomic E-state index is 12.3. The fraction of sp³-hybridized carbons (Fsp3) is 0.440. The zero-order chi connectivity index (χ0) is 21.7. The van der Waals surface area contributed by atoms with Crippen LogP contribution in [0.3, 0.4) is 0 Å². The summed E-state index contributed by atoms with van der Waals surface area (Å²) < 4.78 is 6.31. The van der Waals surface area contributed by atoms with Crippen LogP contribution < -0.4 is 15.4 Å². The smallest absolute Gasteiger partial charge is 0.326 e. The maximum Gasteiger partial charge on any atom is 0.326 e. The average Bonchev–Trinajstić information content (AvgIpc) is 2.69. The molecule has 0 aromatic heterocycles. The van der Waals surface area contributed by atoms with Crippen molar-refractivity contribution < 1.29 is 14.3 Å². The highest BCUT2D eigenvalue weighted by Crippen LogP contribution is 2.36. The van der Waals surface area contributed by atoms with Crippen molar-refractivity contribution in [1.29, 1.82) is 0 Å². The molecule has 2 N–H and O–H groups in total. The first kappa shape index (κ1) is 21.9. The van der Waals surface area contributed by atoms with Crippen LogP contribution in [-0.2, 0) is 0 Å². The van der Waals surface area contributed by atoms with Crippen molar-refractivity contribution in [1.82, 2.24) is 5.32 Å². The summed E-state index contributed by atoms with van der Waals surface area (Å²) in [6.07, 6.45) is 3.77. The summed E-state index contributed by atoms with van der Waals surface area (Å²) in [5.41, 5.74) is 1.91. The summed E-state index contributed by atoms with van der Waals surface area (Å²) >= 11 is 0. The van der Waals surface area contributed by atoms with Crippen molar-refractivity contribution >= 4 is 17.6 Å². The number of aryl methyl sites for hydroxylation is 1. The molecule has 0 bridgehead atoms. The minimum absolute atomic E-state index is 0.225. The number of urea groups is 1. The maximum absolute atomic E-state index is 12.3. The lowest BCUT2D eigenvalue weighted by molar-refractivity contribution is 0.0460. The van der Waals surface area contributed by atoms with Gasteiger partial charge < -0.3 is 10.1 Å². The van der Waals surface area contributed by atoms with Crippen LogP contribution in [0.2, 0.25) is 0 Å². The van der Waals surface area contributed by atoms with E-state index < -0.39 is 11.9 Å². The predicted octanol–water partition coefficient (Wildman–Crippen LogP) is 5.80. The third-order valence-corrected chi connectivity index (χ3v) is 5.98. The Kier molecular flexibility index (Phi) is 7.14. The molecule has 3 rings (SSSR count). The monoisotopic (exact) mass is 408 g/mol. The molecule has 2 aromatic rings. The molecule has 160 valence electrons. The van der Waals surface area contributed by atoms with E-state index in [0.717, 1.165) is 17.7 Å². The Balaban J connectivity index is 1.57. The summed E-state index contributed by atoms with van der Waals surface area (Å²) in [5.74, 6) is 2.23. The fourth-order valence-corrected chi connectivity index (χ4v) is 4.20. The summed E-state index contributed by atoms with van der Waals surface area (Å²) in [6.45, 7) is 8.65. The molecular weight excluding hydrogens is 376 g/mol. The third-order valence-electron chi connectivity index (χ3n) is 5.98. The van der Waals surface area contributed by atoms with E-state index in [1.54, 1.807) is 24.3 Å². The Morgan fingerprint density at radius 1 is 1.03 bits per heavy atom. The second-order valence-corrected chi connectivity index (χ2v) is 8.73. The van der Waals surface area contributed by atoms with Gasteiger partial charge in [-0.2, -0.15) is 0 Å². The van der Waals surface area contributed by atoms with E-state index in [4.69, 9.17) is 4.74 Å². The molecule has 5 heteroatoms. The molecule has 1 fully saturated rings. The van der Waals surface area contributed by atoms with Crippen LogP contribution in [0.1, 0.15) is 56.0 Å². The minimum atomic E-state index is -0.558. The first-order valence-corrected chi connectivity index (χ1v) is 10.8. The van der Waals surface area contributed by atoms with Crippen molar-refractivity contribution in [2.75, 3.05) is 5.32 Å². The number of anilines is 1. The molecule has 0 saturated heterocycles. The van der Waals surface area contributed by atoms with E-state index in [1.807, 2.05) is 31.2 Å². The number of benzene rings is 2. The fourth-order valence-electron chi connectivity index (χ4n) is 4.20. The normalized spacial score (nSPS) is 21.2. The Hall–Kier alpha value is -2.82. The predicted molar refractivity (Wildman–Crippen MR) is 120 cm³/mol. The minimum Gasteiger partial charge on any atom is -0.490 e. The second kappa shape index (κ2) is 9.79. The highest BCUT2D eigenvalue weighted by molar-refractivity contribution is 6.08. The van der Waals surface area contributed by atoms with Crippen molar-refractivity contribution in [3.63, 3.8) is 0 Å². The van der Waals surface area contributed by atoms with Gasteiger partial charge in [-0.25, -0.2) is 4.79 Å². The number of hydrogen-bond acceptors (Lipinski definition) is 3. The van der Waals surface area contributed by atoms with Gasteiger partial charge in [0.2, 0.25) is 0 Å². The van der Waals surface area contributed by atoms with E-state index in [2.05, 4.69) is 31.4 Å². The van der Waals surface area contributed by atoms with Crippen LogP contribution in [-0.4, -0.2) is 18.0 Å². The lowest BCUT2D eigenvalue weighted by Gasteiger charge is -2.37. The molecule has 5 nitrogen and oxygen atoms in total. The third kappa shape index (κ3) is 5.62. The standard InChI is InChI=1S/C25H32N2O3/c1-16(2)21-14-9-17(3)15-23(21)30-20-12-10-19(11-13-20)26-25(29)27-24(28)22-8-6-5-7-18(22)4/h5-8,10-13,16-17,21,23H,9,14-15H2,1-4H3,(H2,26,27,28,29). The summed E-state index contributed by atoms with van der Waals surface area (Å²) in [5, 5.41) is 5.07. The van der Waals surface area contributed by atoms with Crippen LogP contribution in [0.25, 0.3) is 0 Å². The highest BCUT2D eigenvalue weighted by Gasteiger charge is 2.32. The van der Waals surface area contributed by atoms with E-state index >= 15 is 0 Å². The summed E-state index contributed by atoms with van der Waals surface area (Å²) in [6, 6.07) is 13.9. The number of nitrogens with one attached hydrogen (secondary N) is 2. The van der Waals surface area contributed by atoms with Gasteiger partial charge in [-0.3, -0.25) is 10.1 Å². The topological polar surface area (TPSA) is 67.4 Å². The zero-order valence-corrected chi connectivity index (χ0v) is 18.3. The van der Waals surface area contributed by atoms with E-state index in [1.165, 1.54) is 12.8 Å². The molecule has 3 unspecified atom stereocenters. The van der Waals surface area contributed by atoms with E-state index in [-0.39, 0.29) is 6.10 Å². The summed E-state index contributed by atoms with van der Waals surface area (Å²) in [7, 11) is 0. The SMILES string of the molecule is Cc1ccccc1C(=O)NC(=O)Nc1ccc(OC2CC(C)CCC2C(C)C)cc1. The molecule has 1 aliphatic carbocycles. The van der Waals surface area contributed by atoms with Gasteiger partial charge >= 0.3 is 6.03 Å². The molecule has 0 heterocycles. The molecule has 30 heavy (non-hydrogen) atoms. The molecule has 0 radical (unpaired) electrons. The molecule has 3 amide bonds. The number of carbonyl (C=O) groups is 2. The van der Waals surface area contributed by atoms with Gasteiger partial charge in [0.25, 0.3) is 5.91 Å². The van der Waals surface area contributed by atoms with Crippen molar-refractivity contribution in [2.45, 2.75) is 53.1 Å². The molecular formula is C25H32N2O3. The Bertz CT molecular complexity index is 876. The van der Waals surface area contributed by atoms with Crippen molar-refractivity contribution in [2.24, 2.45) is 17.8 Å². The van der Waals surface area contributed by atoms with Crippen molar-refractivity contribution in [3.05, 3.63) is 59.7 Å². The second-order valence-electron chi connectivity index (χ2n) is 8.73. The van der Waals surface area contributed by atoms with Crippen LogP contribution in [0.15, 0.2) is 48.5 Å². The van der Waals surface area contributed by atoms with Gasteiger partial charge in [0.15, 0.2) is 0 Å². The molecule has 1 saturated carbocycles. The van der Waals surface area contributed by atoms with E-state index in [0.29, 0.717) is 29.0 Å². The van der Waals surface area contributed by atoms with Crippen molar-refractivity contribution in [3.8, 4) is 5.75 Å². The molecule has 0 aliphatic heterocycles. The number of rotatable bonds is 5. The quantitative estimate of drug-likeness (QED) is 0.657. The molecule has 1 aliphatic rings. The lowest BCUT2D eigenvalue weighted by atomic mass is 9.75. The molecule has 0 spiro atoms. The number of hydrogen-bond donors (Lipinski definition) is 2. The summed E-state index contributed by atoms with van der Waals surface area (Å²) in [4.78, 5) is 24.5. The Morgan fingerprint density at radius 3 is 2.40 bits per heavy atom. The zero-order valence-electron chi connectivity index (χ0n) is 18.3. The van der Waals surface area contributed by atoms with Gasteiger partial charge in [-0.1, -0.05) is 45.4 Å². The van der Waals surface area contributed by atoms with Crippen LogP contribution in [0.4, 0.5) is 10.5 Å². The average molecular weight is 409 g/mol. The largest absolute Gasteiger partial charge is 0.490 e. The number of amides is 3. The van der Waals surface area contributed by atoms with Gasteiger partial charge in [0.05, 0.1) is 0 Å². The van der Waals surface area contributed by atoms with Gasteiger partial charge in [0, 0.05) is 11.3 Å². The lowest BCUT2D eigenvalue weighted by Crippen LogP contribution is -2.36. The Morgan fingerprint density at radius 2 is 1.73 bits per heavy atom. The van der Waals surface area contributed by atoms with Gasteiger partial charge in [-0.05, 0) is 73.4 Å². The van der Waals surface area contributed by atoms with E-state index in [9.17, 15) is 9.59 Å². The van der Waals surface area contributed by atoms with Gasteiger partial charge in [-0.15, -0.1) is 0 Å². The van der Waals surface area contributed by atoms with Gasteiger partial charge in [0.1, 0.15) is 11.9 Å². The molecule has 3 atom stereocenters. The van der Waals surface area contributed by atoms with Crippen LogP contribution in [0.5, 0.6) is 5.75 Å². The number of carbonyl (C=O) groups excluding carboxylic acids is 2. The first-order valence-electron chi connectivity index (χ1n) is 10.8. The van der Waals surface area contributed by atoms with Crippen LogP contribution in [0, 0.1) is 24.7 Å². The van der Waals surface area contributed by atoms with Crippen LogP contribution >= 0.6 is 0 Å². The highest BCUT2D eigenvalue weighted by atomic mass is 16.5. The first-order chi connectivity index (χ1) is 14.3.